The van der Waals surface area contributed by atoms with Crippen LogP contribution in [0.4, 0.5) is 0 Å². The standard InChI is InChI=1S/C11H22N4/c1-10(8-12)9-14(3)6-7-15-5-4-13-11(15)2/h4-5,10H,6-9,12H2,1-3H3. The van der Waals surface area contributed by atoms with Gasteiger partial charge in [-0.2, -0.15) is 0 Å². The number of hydrogen-bond acceptors (Lipinski definition) is 3. The Balaban J connectivity index is 2.28. The topological polar surface area (TPSA) is 47.1 Å². The molecule has 0 radical (unpaired) electrons. The molecule has 0 saturated heterocycles. The molecule has 2 N–H and O–H groups in total. The van der Waals surface area contributed by atoms with E-state index >= 15 is 0 Å². The fraction of sp³-hybridized carbons (Fsp3) is 0.727. The summed E-state index contributed by atoms with van der Waals surface area (Å²) in [5.74, 6) is 1.65. The summed E-state index contributed by atoms with van der Waals surface area (Å²) in [5.41, 5.74) is 5.59. The van der Waals surface area contributed by atoms with Crippen molar-refractivity contribution in [3.05, 3.63) is 18.2 Å². The van der Waals surface area contributed by atoms with Crippen LogP contribution in [-0.2, 0) is 6.54 Å². The summed E-state index contributed by atoms with van der Waals surface area (Å²) in [6.45, 7) is 8.07. The van der Waals surface area contributed by atoms with Crippen LogP contribution >= 0.6 is 0 Å². The second kappa shape index (κ2) is 5.88. The van der Waals surface area contributed by atoms with Crippen molar-refractivity contribution in [2.75, 3.05) is 26.7 Å². The highest BCUT2D eigenvalue weighted by molar-refractivity contribution is 4.88. The molecule has 86 valence electrons. The highest BCUT2D eigenvalue weighted by Gasteiger charge is 2.05. The predicted octanol–water partition coefficient (Wildman–Crippen LogP) is 0.718. The number of aryl methyl sites for hydroxylation is 1. The molecule has 0 bridgehead atoms. The summed E-state index contributed by atoms with van der Waals surface area (Å²) < 4.78 is 2.17. The number of imidazole rings is 1. The van der Waals surface area contributed by atoms with Gasteiger partial charge < -0.3 is 15.2 Å². The van der Waals surface area contributed by atoms with Crippen LogP contribution in [0.2, 0.25) is 0 Å². The third kappa shape index (κ3) is 4.01. The quantitative estimate of drug-likeness (QED) is 0.752. The van der Waals surface area contributed by atoms with Crippen molar-refractivity contribution in [1.82, 2.24) is 14.5 Å². The van der Waals surface area contributed by atoms with Crippen molar-refractivity contribution in [2.24, 2.45) is 11.7 Å². The Morgan fingerprint density at radius 1 is 1.60 bits per heavy atom. The third-order valence-electron chi connectivity index (χ3n) is 2.67. The molecule has 0 saturated carbocycles. The van der Waals surface area contributed by atoms with Crippen LogP contribution in [0.25, 0.3) is 0 Å². The Kier molecular flexibility index (Phi) is 4.78. The molecular formula is C11H22N4. The minimum atomic E-state index is 0.568. The first-order valence-corrected chi connectivity index (χ1v) is 5.49. The average Bonchev–Trinajstić information content (AvgIpc) is 2.61. The predicted molar refractivity (Wildman–Crippen MR) is 62.7 cm³/mol. The van der Waals surface area contributed by atoms with E-state index < -0.39 is 0 Å². The second-order valence-electron chi connectivity index (χ2n) is 4.27. The molecular weight excluding hydrogens is 188 g/mol. The number of nitrogens with two attached hydrogens (primary N) is 1. The lowest BCUT2D eigenvalue weighted by Gasteiger charge is -2.20. The largest absolute Gasteiger partial charge is 0.334 e. The highest BCUT2D eigenvalue weighted by Crippen LogP contribution is 1.98. The molecule has 0 aliphatic heterocycles. The van der Waals surface area contributed by atoms with Crippen LogP contribution in [0, 0.1) is 12.8 Å². The molecule has 0 aliphatic rings. The Morgan fingerprint density at radius 2 is 2.33 bits per heavy atom. The monoisotopic (exact) mass is 210 g/mol. The lowest BCUT2D eigenvalue weighted by atomic mass is 10.2. The molecule has 0 aliphatic carbocycles. The fourth-order valence-corrected chi connectivity index (χ4v) is 1.62. The zero-order chi connectivity index (χ0) is 11.3. The van der Waals surface area contributed by atoms with E-state index in [-0.39, 0.29) is 0 Å². The first-order valence-electron chi connectivity index (χ1n) is 5.49. The number of nitrogens with zero attached hydrogens (tertiary/aromatic N) is 3. The Hall–Kier alpha value is -0.870. The minimum absolute atomic E-state index is 0.568. The van der Waals surface area contributed by atoms with E-state index in [2.05, 4.69) is 28.4 Å². The lowest BCUT2D eigenvalue weighted by molar-refractivity contribution is 0.277. The Morgan fingerprint density at radius 3 is 2.87 bits per heavy atom. The maximum absolute atomic E-state index is 5.59. The summed E-state index contributed by atoms with van der Waals surface area (Å²) in [6.07, 6.45) is 3.87. The molecule has 1 rings (SSSR count). The zero-order valence-corrected chi connectivity index (χ0v) is 9.98. The van der Waals surface area contributed by atoms with E-state index in [1.165, 1.54) is 0 Å². The van der Waals surface area contributed by atoms with Crippen molar-refractivity contribution < 1.29 is 0 Å². The van der Waals surface area contributed by atoms with E-state index in [0.717, 1.165) is 32.0 Å². The molecule has 15 heavy (non-hydrogen) atoms. The van der Waals surface area contributed by atoms with Crippen LogP contribution in [0.3, 0.4) is 0 Å². The number of aromatic nitrogens is 2. The maximum Gasteiger partial charge on any atom is 0.105 e. The van der Waals surface area contributed by atoms with Crippen LogP contribution in [0.15, 0.2) is 12.4 Å². The van der Waals surface area contributed by atoms with Gasteiger partial charge in [0.15, 0.2) is 0 Å². The zero-order valence-electron chi connectivity index (χ0n) is 9.98. The summed E-state index contributed by atoms with van der Waals surface area (Å²) in [6, 6.07) is 0. The number of hydrogen-bond donors (Lipinski definition) is 1. The molecule has 0 amide bonds. The van der Waals surface area contributed by atoms with Crippen molar-refractivity contribution in [3.63, 3.8) is 0 Å². The summed E-state index contributed by atoms with van der Waals surface area (Å²) in [5, 5.41) is 0. The molecule has 4 heteroatoms. The van der Waals surface area contributed by atoms with Crippen LogP contribution in [0.1, 0.15) is 12.7 Å². The van der Waals surface area contributed by atoms with Gasteiger partial charge in [0.2, 0.25) is 0 Å². The van der Waals surface area contributed by atoms with E-state index in [0.29, 0.717) is 5.92 Å². The number of rotatable bonds is 6. The van der Waals surface area contributed by atoms with Crippen LogP contribution < -0.4 is 5.73 Å². The van der Waals surface area contributed by atoms with Gasteiger partial charge in [-0.3, -0.25) is 0 Å². The van der Waals surface area contributed by atoms with Gasteiger partial charge in [-0.1, -0.05) is 6.92 Å². The van der Waals surface area contributed by atoms with Gasteiger partial charge >= 0.3 is 0 Å². The third-order valence-corrected chi connectivity index (χ3v) is 2.67. The first kappa shape index (κ1) is 12.2. The molecule has 1 unspecified atom stereocenters. The van der Waals surface area contributed by atoms with Crippen molar-refractivity contribution in [1.29, 1.82) is 0 Å². The molecule has 0 aromatic carbocycles. The average molecular weight is 210 g/mol. The number of likely N-dealkylation sites (N-methyl/N-ethyl adjacent to an activating group) is 1. The summed E-state index contributed by atoms with van der Waals surface area (Å²) in [4.78, 5) is 6.51. The second-order valence-corrected chi connectivity index (χ2v) is 4.27. The van der Waals surface area contributed by atoms with Crippen molar-refractivity contribution in [2.45, 2.75) is 20.4 Å². The molecule has 0 fully saturated rings. The normalized spacial score (nSPS) is 13.4. The fourth-order valence-electron chi connectivity index (χ4n) is 1.62. The molecule has 1 aromatic rings. The van der Waals surface area contributed by atoms with Crippen LogP contribution in [-0.4, -0.2) is 41.1 Å². The molecule has 1 atom stereocenters. The summed E-state index contributed by atoms with van der Waals surface area (Å²) in [7, 11) is 2.14. The van der Waals surface area contributed by atoms with Gasteiger partial charge in [-0.25, -0.2) is 4.98 Å². The lowest BCUT2D eigenvalue weighted by Crippen LogP contribution is -2.31. The highest BCUT2D eigenvalue weighted by atomic mass is 15.1. The Labute approximate surface area is 92.1 Å². The maximum atomic E-state index is 5.59. The van der Waals surface area contributed by atoms with Crippen molar-refractivity contribution >= 4 is 0 Å². The SMILES string of the molecule is Cc1nccn1CCN(C)CC(C)CN. The summed E-state index contributed by atoms with van der Waals surface area (Å²) >= 11 is 0. The molecule has 1 aromatic heterocycles. The molecule has 0 spiro atoms. The first-order chi connectivity index (χ1) is 7.13. The van der Waals surface area contributed by atoms with E-state index in [1.54, 1.807) is 0 Å². The minimum Gasteiger partial charge on any atom is -0.334 e. The van der Waals surface area contributed by atoms with Gasteiger partial charge in [0.05, 0.1) is 0 Å². The van der Waals surface area contributed by atoms with E-state index in [9.17, 15) is 0 Å². The van der Waals surface area contributed by atoms with Gasteiger partial charge in [0.25, 0.3) is 0 Å². The molecule has 1 heterocycles. The Bertz CT molecular complexity index is 282. The van der Waals surface area contributed by atoms with Gasteiger partial charge in [0.1, 0.15) is 5.82 Å². The van der Waals surface area contributed by atoms with Gasteiger partial charge in [-0.05, 0) is 26.4 Å². The van der Waals surface area contributed by atoms with Crippen molar-refractivity contribution in [3.8, 4) is 0 Å². The molecule has 4 nitrogen and oxygen atoms in total. The van der Waals surface area contributed by atoms with Crippen LogP contribution in [0.5, 0.6) is 0 Å². The van der Waals surface area contributed by atoms with Gasteiger partial charge in [-0.15, -0.1) is 0 Å². The smallest absolute Gasteiger partial charge is 0.105 e. The van der Waals surface area contributed by atoms with E-state index in [1.807, 2.05) is 19.3 Å². The van der Waals surface area contributed by atoms with E-state index in [4.69, 9.17) is 5.73 Å². The van der Waals surface area contributed by atoms with Gasteiger partial charge in [0, 0.05) is 32.0 Å².